The van der Waals surface area contributed by atoms with E-state index in [4.69, 9.17) is 10.5 Å². The molecular formula is C24H23N3O4. The van der Waals surface area contributed by atoms with E-state index in [1.165, 1.54) is 6.92 Å². The number of hydrogen-bond donors (Lipinski definition) is 3. The third-order valence-corrected chi connectivity index (χ3v) is 4.50. The molecule has 4 N–H and O–H groups in total. The van der Waals surface area contributed by atoms with Crippen molar-refractivity contribution in [1.82, 2.24) is 5.32 Å². The Labute approximate surface area is 180 Å². The third-order valence-electron chi connectivity index (χ3n) is 4.50. The minimum absolute atomic E-state index is 0.0535. The van der Waals surface area contributed by atoms with Crippen LogP contribution in [-0.2, 0) is 4.79 Å². The molecule has 3 amide bonds. The molecule has 158 valence electrons. The molecule has 7 heteroatoms. The maximum absolute atomic E-state index is 12.6. The van der Waals surface area contributed by atoms with Gasteiger partial charge in [0, 0.05) is 11.3 Å². The van der Waals surface area contributed by atoms with Crippen molar-refractivity contribution in [3.05, 3.63) is 90.0 Å². The highest BCUT2D eigenvalue weighted by atomic mass is 16.5. The Morgan fingerprint density at radius 2 is 1.61 bits per heavy atom. The van der Waals surface area contributed by atoms with E-state index in [1.54, 1.807) is 48.5 Å². The zero-order chi connectivity index (χ0) is 22.2. The average molecular weight is 417 g/mol. The van der Waals surface area contributed by atoms with E-state index in [0.717, 1.165) is 0 Å². The van der Waals surface area contributed by atoms with Gasteiger partial charge in [0.25, 0.3) is 0 Å². The Balaban J connectivity index is 1.75. The van der Waals surface area contributed by atoms with Crippen molar-refractivity contribution in [2.24, 2.45) is 5.73 Å². The molecule has 0 heterocycles. The van der Waals surface area contributed by atoms with Crippen LogP contribution in [0.1, 0.15) is 35.3 Å². The molecule has 0 aliphatic rings. The number of para-hydroxylation sites is 1. The number of carbonyl (C=O) groups is 3. The molecule has 0 aromatic heterocycles. The van der Waals surface area contributed by atoms with E-state index in [9.17, 15) is 14.4 Å². The standard InChI is InChI=1S/C24H23N3O4/c1-16(28)17-7-5-9-19(13-17)26-23(29)15-22(27-24(25)30)18-8-6-12-21(14-18)31-20-10-3-2-4-11-20/h2-14,22H,15H2,1H3,(H,26,29)(H3,25,27,30). The Morgan fingerprint density at radius 1 is 0.903 bits per heavy atom. The van der Waals surface area contributed by atoms with Gasteiger partial charge in [-0.15, -0.1) is 0 Å². The lowest BCUT2D eigenvalue weighted by atomic mass is 10.0. The highest BCUT2D eigenvalue weighted by Crippen LogP contribution is 2.26. The number of ether oxygens (including phenoxy) is 1. The Kier molecular flexibility index (Phi) is 7.01. The summed E-state index contributed by atoms with van der Waals surface area (Å²) >= 11 is 0. The molecule has 3 aromatic rings. The van der Waals surface area contributed by atoms with Gasteiger partial charge < -0.3 is 21.1 Å². The Hall–Kier alpha value is -4.13. The van der Waals surface area contributed by atoms with Gasteiger partial charge in [0.1, 0.15) is 11.5 Å². The first kappa shape index (κ1) is 21.6. The maximum Gasteiger partial charge on any atom is 0.312 e. The fourth-order valence-corrected chi connectivity index (χ4v) is 3.06. The van der Waals surface area contributed by atoms with Crippen LogP contribution >= 0.6 is 0 Å². The molecule has 3 rings (SSSR count). The van der Waals surface area contributed by atoms with Crippen molar-refractivity contribution in [3.63, 3.8) is 0 Å². The number of nitrogens with two attached hydrogens (primary N) is 1. The molecule has 0 aliphatic heterocycles. The largest absolute Gasteiger partial charge is 0.457 e. The minimum atomic E-state index is -0.745. The second-order valence-corrected chi connectivity index (χ2v) is 6.94. The zero-order valence-electron chi connectivity index (χ0n) is 17.0. The van der Waals surface area contributed by atoms with Gasteiger partial charge in [-0.25, -0.2) is 4.79 Å². The lowest BCUT2D eigenvalue weighted by molar-refractivity contribution is -0.116. The fraction of sp³-hybridized carbons (Fsp3) is 0.125. The first-order chi connectivity index (χ1) is 14.9. The van der Waals surface area contributed by atoms with E-state index in [1.807, 2.05) is 30.3 Å². The summed E-state index contributed by atoms with van der Waals surface area (Å²) in [5.74, 6) is 0.796. The molecule has 0 bridgehead atoms. The molecule has 0 aliphatic carbocycles. The number of rotatable bonds is 8. The SMILES string of the molecule is CC(=O)c1cccc(NC(=O)CC(NC(N)=O)c2cccc(Oc3ccccc3)c2)c1. The topological polar surface area (TPSA) is 111 Å². The van der Waals surface area contributed by atoms with Crippen LogP contribution in [-0.4, -0.2) is 17.7 Å². The van der Waals surface area contributed by atoms with Gasteiger partial charge in [-0.1, -0.05) is 42.5 Å². The van der Waals surface area contributed by atoms with Crippen molar-refractivity contribution >= 4 is 23.4 Å². The molecule has 1 unspecified atom stereocenters. The number of ketones is 1. The number of hydrogen-bond acceptors (Lipinski definition) is 4. The number of benzene rings is 3. The van der Waals surface area contributed by atoms with Crippen molar-refractivity contribution in [2.75, 3.05) is 5.32 Å². The lowest BCUT2D eigenvalue weighted by Crippen LogP contribution is -2.35. The normalized spacial score (nSPS) is 11.3. The summed E-state index contributed by atoms with van der Waals surface area (Å²) in [6.07, 6.45) is -0.0535. The fourth-order valence-electron chi connectivity index (χ4n) is 3.06. The van der Waals surface area contributed by atoms with Gasteiger partial charge in [-0.2, -0.15) is 0 Å². The second kappa shape index (κ2) is 10.1. The first-order valence-corrected chi connectivity index (χ1v) is 9.70. The summed E-state index contributed by atoms with van der Waals surface area (Å²) < 4.78 is 5.83. The van der Waals surface area contributed by atoms with E-state index in [0.29, 0.717) is 28.3 Å². The molecule has 3 aromatic carbocycles. The number of primary amides is 1. The number of carbonyl (C=O) groups excluding carboxylic acids is 3. The van der Waals surface area contributed by atoms with Crippen molar-refractivity contribution < 1.29 is 19.1 Å². The summed E-state index contributed by atoms with van der Waals surface area (Å²) in [6.45, 7) is 1.46. The Morgan fingerprint density at radius 3 is 2.32 bits per heavy atom. The van der Waals surface area contributed by atoms with E-state index < -0.39 is 12.1 Å². The van der Waals surface area contributed by atoms with E-state index in [2.05, 4.69) is 10.6 Å². The zero-order valence-corrected chi connectivity index (χ0v) is 17.0. The first-order valence-electron chi connectivity index (χ1n) is 9.70. The smallest absolute Gasteiger partial charge is 0.312 e. The van der Waals surface area contributed by atoms with Crippen molar-refractivity contribution in [1.29, 1.82) is 0 Å². The number of urea groups is 1. The van der Waals surface area contributed by atoms with Crippen molar-refractivity contribution in [2.45, 2.75) is 19.4 Å². The average Bonchev–Trinajstić information content (AvgIpc) is 2.74. The highest BCUT2D eigenvalue weighted by Gasteiger charge is 2.18. The number of amides is 3. The molecular weight excluding hydrogens is 394 g/mol. The minimum Gasteiger partial charge on any atom is -0.457 e. The summed E-state index contributed by atoms with van der Waals surface area (Å²) in [5, 5.41) is 5.35. The van der Waals surface area contributed by atoms with Gasteiger partial charge in [0.2, 0.25) is 5.91 Å². The third kappa shape index (κ3) is 6.43. The van der Waals surface area contributed by atoms with E-state index in [-0.39, 0.29) is 18.1 Å². The molecule has 0 fully saturated rings. The molecule has 0 saturated heterocycles. The second-order valence-electron chi connectivity index (χ2n) is 6.94. The van der Waals surface area contributed by atoms with Crippen LogP contribution in [0.2, 0.25) is 0 Å². The van der Waals surface area contributed by atoms with Gasteiger partial charge in [-0.3, -0.25) is 9.59 Å². The van der Waals surface area contributed by atoms with Crippen LogP contribution < -0.4 is 21.1 Å². The summed E-state index contributed by atoms with van der Waals surface area (Å²) in [6, 6.07) is 21.6. The molecule has 31 heavy (non-hydrogen) atoms. The molecule has 7 nitrogen and oxygen atoms in total. The summed E-state index contributed by atoms with van der Waals surface area (Å²) in [4.78, 5) is 35.7. The van der Waals surface area contributed by atoms with Gasteiger partial charge in [-0.05, 0) is 48.9 Å². The molecule has 0 saturated carbocycles. The molecule has 0 radical (unpaired) electrons. The van der Waals surface area contributed by atoms with Gasteiger partial charge in [0.05, 0.1) is 12.5 Å². The monoisotopic (exact) mass is 417 g/mol. The van der Waals surface area contributed by atoms with Crippen molar-refractivity contribution in [3.8, 4) is 11.5 Å². The number of anilines is 1. The predicted molar refractivity (Wildman–Crippen MR) is 118 cm³/mol. The van der Waals surface area contributed by atoms with Crippen LogP contribution in [0.3, 0.4) is 0 Å². The predicted octanol–water partition coefficient (Wildman–Crippen LogP) is 4.42. The number of nitrogens with one attached hydrogen (secondary N) is 2. The van der Waals surface area contributed by atoms with Crippen LogP contribution in [0.5, 0.6) is 11.5 Å². The Bertz CT molecular complexity index is 1080. The van der Waals surface area contributed by atoms with Gasteiger partial charge >= 0.3 is 6.03 Å². The number of Topliss-reactive ketones (excluding diaryl/α,β-unsaturated/α-hetero) is 1. The highest BCUT2D eigenvalue weighted by molar-refractivity contribution is 5.97. The van der Waals surface area contributed by atoms with Crippen LogP contribution in [0.25, 0.3) is 0 Å². The molecule has 0 spiro atoms. The van der Waals surface area contributed by atoms with Gasteiger partial charge in [0.15, 0.2) is 5.78 Å². The molecule has 1 atom stereocenters. The van der Waals surface area contributed by atoms with E-state index >= 15 is 0 Å². The summed E-state index contributed by atoms with van der Waals surface area (Å²) in [5.41, 5.74) is 6.98. The van der Waals surface area contributed by atoms with Crippen LogP contribution in [0, 0.1) is 0 Å². The lowest BCUT2D eigenvalue weighted by Gasteiger charge is -2.19. The summed E-state index contributed by atoms with van der Waals surface area (Å²) in [7, 11) is 0. The van der Waals surface area contributed by atoms with Crippen LogP contribution in [0.15, 0.2) is 78.9 Å². The van der Waals surface area contributed by atoms with Crippen LogP contribution in [0.4, 0.5) is 10.5 Å². The maximum atomic E-state index is 12.6. The quantitative estimate of drug-likeness (QED) is 0.471.